The summed E-state index contributed by atoms with van der Waals surface area (Å²) in [5.74, 6) is 0.196. The summed E-state index contributed by atoms with van der Waals surface area (Å²) >= 11 is 7.24. The molecule has 0 spiro atoms. The Bertz CT molecular complexity index is 450. The van der Waals surface area contributed by atoms with Gasteiger partial charge in [0.15, 0.2) is 5.06 Å². The van der Waals surface area contributed by atoms with Gasteiger partial charge in [-0.2, -0.15) is 0 Å². The monoisotopic (exact) mass is 214 g/mol. The molecule has 2 nitrogen and oxygen atoms in total. The molecule has 0 fully saturated rings. The molecule has 1 heterocycles. The number of rotatable bonds is 1. The molecule has 0 bridgehead atoms. The van der Waals surface area contributed by atoms with E-state index in [1.807, 2.05) is 6.07 Å². The van der Waals surface area contributed by atoms with E-state index in [0.717, 1.165) is 15.1 Å². The van der Waals surface area contributed by atoms with Crippen LogP contribution in [0.4, 0.5) is 0 Å². The third kappa shape index (κ3) is 1.45. The Balaban J connectivity index is 2.75. The first kappa shape index (κ1) is 8.66. The average molecular weight is 215 g/mol. The first-order chi connectivity index (χ1) is 6.20. The van der Waals surface area contributed by atoms with E-state index in [2.05, 4.69) is 0 Å². The van der Waals surface area contributed by atoms with Gasteiger partial charge in [-0.1, -0.05) is 22.9 Å². The van der Waals surface area contributed by atoms with E-state index in [0.29, 0.717) is 5.02 Å². The minimum Gasteiger partial charge on any atom is -0.507 e. The van der Waals surface area contributed by atoms with Crippen molar-refractivity contribution in [2.24, 2.45) is 0 Å². The van der Waals surface area contributed by atoms with Crippen molar-refractivity contribution >= 4 is 33.0 Å². The van der Waals surface area contributed by atoms with Gasteiger partial charge in [-0.25, -0.2) is 0 Å². The second-order valence-corrected chi connectivity index (χ2v) is 4.09. The highest BCUT2D eigenvalue weighted by Gasteiger charge is 2.06. The third-order valence-corrected chi connectivity index (χ3v) is 3.02. The molecule has 0 unspecified atom stereocenters. The molecule has 2 aromatic rings. The maximum atomic E-state index is 9.53. The van der Waals surface area contributed by atoms with Crippen LogP contribution < -0.4 is 4.74 Å². The largest absolute Gasteiger partial charge is 0.507 e. The van der Waals surface area contributed by atoms with Crippen molar-refractivity contribution in [1.29, 1.82) is 0 Å². The molecule has 1 aromatic carbocycles. The Morgan fingerprint density at radius 3 is 2.85 bits per heavy atom. The number of fused-ring (bicyclic) bond motifs is 1. The summed E-state index contributed by atoms with van der Waals surface area (Å²) in [7, 11) is 1.60. The fraction of sp³-hybridized carbons (Fsp3) is 0.111. The normalized spacial score (nSPS) is 10.6. The van der Waals surface area contributed by atoms with Gasteiger partial charge in [-0.3, -0.25) is 0 Å². The van der Waals surface area contributed by atoms with E-state index >= 15 is 0 Å². The summed E-state index contributed by atoms with van der Waals surface area (Å²) in [6, 6.07) is 5.13. The van der Waals surface area contributed by atoms with Crippen LogP contribution in [0.15, 0.2) is 18.2 Å². The van der Waals surface area contributed by atoms with Gasteiger partial charge in [0.25, 0.3) is 0 Å². The summed E-state index contributed by atoms with van der Waals surface area (Å²) in [4.78, 5) is 0. The van der Waals surface area contributed by atoms with Gasteiger partial charge in [-0.15, -0.1) is 0 Å². The molecular weight excluding hydrogens is 208 g/mol. The minimum atomic E-state index is 0.196. The number of methoxy groups -OCH3 is 1. The number of phenolic OH excluding ortho intramolecular Hbond substituents is 1. The second-order valence-electron chi connectivity index (χ2n) is 2.61. The van der Waals surface area contributed by atoms with Gasteiger partial charge < -0.3 is 9.84 Å². The molecule has 0 radical (unpaired) electrons. The molecule has 13 heavy (non-hydrogen) atoms. The van der Waals surface area contributed by atoms with Crippen LogP contribution in [0.25, 0.3) is 10.1 Å². The maximum absolute atomic E-state index is 9.53. The molecule has 4 heteroatoms. The highest BCUT2D eigenvalue weighted by molar-refractivity contribution is 7.20. The highest BCUT2D eigenvalue weighted by Crippen LogP contribution is 2.38. The Labute approximate surface area is 84.3 Å². The van der Waals surface area contributed by atoms with Crippen LogP contribution in [0, 0.1) is 0 Å². The van der Waals surface area contributed by atoms with E-state index < -0.39 is 0 Å². The smallest absolute Gasteiger partial charge is 0.174 e. The number of benzene rings is 1. The van der Waals surface area contributed by atoms with Crippen molar-refractivity contribution in [2.45, 2.75) is 0 Å². The van der Waals surface area contributed by atoms with Crippen molar-refractivity contribution in [3.05, 3.63) is 23.2 Å². The fourth-order valence-corrected chi connectivity index (χ4v) is 2.38. The number of aromatic hydroxyl groups is 1. The van der Waals surface area contributed by atoms with Crippen molar-refractivity contribution in [3.8, 4) is 10.8 Å². The van der Waals surface area contributed by atoms with Crippen LogP contribution >= 0.6 is 22.9 Å². The van der Waals surface area contributed by atoms with E-state index in [-0.39, 0.29) is 5.75 Å². The molecule has 1 N–H and O–H groups in total. The summed E-state index contributed by atoms with van der Waals surface area (Å²) in [5, 5.41) is 11.6. The van der Waals surface area contributed by atoms with Crippen molar-refractivity contribution in [3.63, 3.8) is 0 Å². The predicted octanol–water partition coefficient (Wildman–Crippen LogP) is 3.27. The average Bonchev–Trinajstić information content (AvgIpc) is 2.47. The molecule has 68 valence electrons. The van der Waals surface area contributed by atoms with Crippen LogP contribution in [0.2, 0.25) is 5.02 Å². The first-order valence-corrected chi connectivity index (χ1v) is 4.86. The third-order valence-electron chi connectivity index (χ3n) is 1.76. The van der Waals surface area contributed by atoms with Crippen LogP contribution in [0.1, 0.15) is 0 Å². The van der Waals surface area contributed by atoms with Gasteiger partial charge in [0.1, 0.15) is 5.75 Å². The van der Waals surface area contributed by atoms with Crippen LogP contribution in [0.3, 0.4) is 0 Å². The first-order valence-electron chi connectivity index (χ1n) is 3.67. The minimum absolute atomic E-state index is 0.196. The van der Waals surface area contributed by atoms with Crippen molar-refractivity contribution in [2.75, 3.05) is 7.11 Å². The number of hydrogen-bond donors (Lipinski definition) is 1. The summed E-state index contributed by atoms with van der Waals surface area (Å²) in [6.07, 6.45) is 0. The van der Waals surface area contributed by atoms with Crippen molar-refractivity contribution < 1.29 is 9.84 Å². The predicted molar refractivity (Wildman–Crippen MR) is 55.1 cm³/mol. The van der Waals surface area contributed by atoms with Gasteiger partial charge in [-0.05, 0) is 12.1 Å². The Morgan fingerprint density at radius 1 is 1.38 bits per heavy atom. The Morgan fingerprint density at radius 2 is 2.15 bits per heavy atom. The molecule has 0 saturated carbocycles. The van der Waals surface area contributed by atoms with Gasteiger partial charge >= 0.3 is 0 Å². The zero-order valence-electron chi connectivity index (χ0n) is 6.87. The summed E-state index contributed by atoms with van der Waals surface area (Å²) in [5.41, 5.74) is 0. The Kier molecular flexibility index (Phi) is 2.06. The summed E-state index contributed by atoms with van der Waals surface area (Å²) in [6.45, 7) is 0. The lowest BCUT2D eigenvalue weighted by atomic mass is 10.2. The molecule has 0 atom stereocenters. The zero-order chi connectivity index (χ0) is 9.42. The topological polar surface area (TPSA) is 29.5 Å². The quantitative estimate of drug-likeness (QED) is 0.790. The summed E-state index contributed by atoms with van der Waals surface area (Å²) < 4.78 is 5.99. The number of halogens is 1. The lowest BCUT2D eigenvalue weighted by molar-refractivity contribution is 0.427. The van der Waals surface area contributed by atoms with Gasteiger partial charge in [0, 0.05) is 21.2 Å². The maximum Gasteiger partial charge on any atom is 0.174 e. The number of ether oxygens (including phenoxy) is 1. The molecule has 0 saturated heterocycles. The second kappa shape index (κ2) is 3.09. The molecule has 0 aliphatic carbocycles. The molecular formula is C9H7ClO2S. The van der Waals surface area contributed by atoms with E-state index in [4.69, 9.17) is 16.3 Å². The highest BCUT2D eigenvalue weighted by atomic mass is 35.5. The molecule has 0 aliphatic rings. The van der Waals surface area contributed by atoms with Gasteiger partial charge in [0.05, 0.1) is 7.11 Å². The van der Waals surface area contributed by atoms with Gasteiger partial charge in [0.2, 0.25) is 0 Å². The van der Waals surface area contributed by atoms with E-state index in [1.54, 1.807) is 13.2 Å². The molecule has 0 amide bonds. The molecule has 0 aliphatic heterocycles. The zero-order valence-corrected chi connectivity index (χ0v) is 8.45. The SMILES string of the molecule is COc1cc2c(O)cc(Cl)cc2s1. The van der Waals surface area contributed by atoms with Crippen LogP contribution in [-0.4, -0.2) is 12.2 Å². The molecule has 2 rings (SSSR count). The van der Waals surface area contributed by atoms with Crippen molar-refractivity contribution in [1.82, 2.24) is 0 Å². The lowest BCUT2D eigenvalue weighted by Gasteiger charge is -1.94. The number of phenols is 1. The van der Waals surface area contributed by atoms with E-state index in [1.165, 1.54) is 17.4 Å². The van der Waals surface area contributed by atoms with E-state index in [9.17, 15) is 5.11 Å². The van der Waals surface area contributed by atoms with Crippen LogP contribution in [-0.2, 0) is 0 Å². The number of hydrogen-bond acceptors (Lipinski definition) is 3. The standard InChI is InChI=1S/C9H7ClO2S/c1-12-9-4-6-7(11)2-5(10)3-8(6)13-9/h2-4,11H,1H3. The lowest BCUT2D eigenvalue weighted by Crippen LogP contribution is -1.73. The van der Waals surface area contributed by atoms with Crippen LogP contribution in [0.5, 0.6) is 10.8 Å². The molecule has 1 aromatic heterocycles. The number of thiophene rings is 1. The Hall–Kier alpha value is -0.930. The fourth-order valence-electron chi connectivity index (χ4n) is 1.17.